The Morgan fingerprint density at radius 1 is 1.56 bits per heavy atom. The molecule has 1 aliphatic rings. The predicted molar refractivity (Wildman–Crippen MR) is 66.1 cm³/mol. The van der Waals surface area contributed by atoms with Crippen molar-refractivity contribution in [3.05, 3.63) is 0 Å². The summed E-state index contributed by atoms with van der Waals surface area (Å²) in [5.74, 6) is 6.78. The lowest BCUT2D eigenvalue weighted by Crippen LogP contribution is -2.42. The van der Waals surface area contributed by atoms with Crippen LogP contribution in [0.3, 0.4) is 0 Å². The number of unbranched alkanes of at least 4 members (excludes halogenated alkanes) is 1. The van der Waals surface area contributed by atoms with Crippen LogP contribution in [0.15, 0.2) is 4.99 Å². The third-order valence-corrected chi connectivity index (χ3v) is 2.79. The predicted octanol–water partition coefficient (Wildman–Crippen LogP) is 0.622. The standard InChI is InChI=1S/C11H24N4O/c1-2-3-6-13-11(15-12)14-7-4-10-5-8-16-9-10/h10H,2-9,12H2,1H3,(H2,13,14,15). The molecule has 5 heteroatoms. The van der Waals surface area contributed by atoms with Crippen molar-refractivity contribution in [3.8, 4) is 0 Å². The first-order chi connectivity index (χ1) is 7.86. The lowest BCUT2D eigenvalue weighted by atomic mass is 10.1. The highest BCUT2D eigenvalue weighted by molar-refractivity contribution is 5.79. The van der Waals surface area contributed by atoms with E-state index in [-0.39, 0.29) is 0 Å². The summed E-state index contributed by atoms with van der Waals surface area (Å²) >= 11 is 0. The number of hydrogen-bond acceptors (Lipinski definition) is 3. The van der Waals surface area contributed by atoms with Crippen molar-refractivity contribution in [2.24, 2.45) is 16.8 Å². The molecule has 1 saturated heterocycles. The molecule has 0 aromatic rings. The molecule has 1 atom stereocenters. The molecule has 16 heavy (non-hydrogen) atoms. The number of guanidine groups is 1. The number of nitrogens with two attached hydrogens (primary N) is 1. The van der Waals surface area contributed by atoms with Crippen LogP contribution < -0.4 is 16.6 Å². The van der Waals surface area contributed by atoms with E-state index in [1.54, 1.807) is 0 Å². The van der Waals surface area contributed by atoms with Crippen LogP contribution in [0.1, 0.15) is 32.6 Å². The van der Waals surface area contributed by atoms with Crippen molar-refractivity contribution in [1.29, 1.82) is 0 Å². The van der Waals surface area contributed by atoms with Gasteiger partial charge in [-0.3, -0.25) is 10.4 Å². The zero-order valence-electron chi connectivity index (χ0n) is 10.2. The van der Waals surface area contributed by atoms with E-state index in [9.17, 15) is 0 Å². The number of nitrogens with one attached hydrogen (secondary N) is 2. The molecule has 1 unspecified atom stereocenters. The lowest BCUT2D eigenvalue weighted by molar-refractivity contribution is 0.184. The molecular weight excluding hydrogens is 204 g/mol. The SMILES string of the molecule is CCCCN=C(NN)NCCC1CCOC1. The van der Waals surface area contributed by atoms with E-state index < -0.39 is 0 Å². The van der Waals surface area contributed by atoms with Crippen molar-refractivity contribution in [2.45, 2.75) is 32.6 Å². The van der Waals surface area contributed by atoms with Crippen molar-refractivity contribution >= 4 is 5.96 Å². The van der Waals surface area contributed by atoms with Crippen molar-refractivity contribution in [2.75, 3.05) is 26.3 Å². The first kappa shape index (κ1) is 13.3. The van der Waals surface area contributed by atoms with E-state index in [0.717, 1.165) is 45.6 Å². The van der Waals surface area contributed by atoms with Crippen LogP contribution in [-0.4, -0.2) is 32.3 Å². The molecule has 0 amide bonds. The van der Waals surface area contributed by atoms with Gasteiger partial charge in [-0.15, -0.1) is 0 Å². The summed E-state index contributed by atoms with van der Waals surface area (Å²) in [6.07, 6.45) is 4.55. The van der Waals surface area contributed by atoms with E-state index in [0.29, 0.717) is 11.9 Å². The summed E-state index contributed by atoms with van der Waals surface area (Å²) in [6.45, 7) is 5.70. The first-order valence-electron chi connectivity index (χ1n) is 6.19. The van der Waals surface area contributed by atoms with Crippen LogP contribution >= 0.6 is 0 Å². The molecule has 4 N–H and O–H groups in total. The van der Waals surface area contributed by atoms with Gasteiger partial charge in [0.15, 0.2) is 0 Å². The van der Waals surface area contributed by atoms with Gasteiger partial charge in [-0.1, -0.05) is 13.3 Å². The fourth-order valence-electron chi connectivity index (χ4n) is 1.71. The number of hydrogen-bond donors (Lipinski definition) is 3. The van der Waals surface area contributed by atoms with Gasteiger partial charge in [0.25, 0.3) is 0 Å². The largest absolute Gasteiger partial charge is 0.381 e. The summed E-state index contributed by atoms with van der Waals surface area (Å²) in [6, 6.07) is 0. The summed E-state index contributed by atoms with van der Waals surface area (Å²) in [7, 11) is 0. The second-order valence-electron chi connectivity index (χ2n) is 4.17. The molecule has 0 radical (unpaired) electrons. The van der Waals surface area contributed by atoms with Crippen LogP contribution in [0, 0.1) is 5.92 Å². The highest BCUT2D eigenvalue weighted by Gasteiger charge is 2.14. The van der Waals surface area contributed by atoms with Gasteiger partial charge in [0.1, 0.15) is 0 Å². The molecule has 0 saturated carbocycles. The monoisotopic (exact) mass is 228 g/mol. The maximum absolute atomic E-state index is 5.38. The molecule has 1 aliphatic heterocycles. The second kappa shape index (κ2) is 8.35. The smallest absolute Gasteiger partial charge is 0.205 e. The van der Waals surface area contributed by atoms with Crippen molar-refractivity contribution in [3.63, 3.8) is 0 Å². The van der Waals surface area contributed by atoms with Gasteiger partial charge in [0.05, 0.1) is 0 Å². The fraction of sp³-hybridized carbons (Fsp3) is 0.909. The van der Waals surface area contributed by atoms with Gasteiger partial charge >= 0.3 is 0 Å². The zero-order chi connectivity index (χ0) is 11.6. The molecule has 0 spiro atoms. The molecule has 0 aromatic heterocycles. The molecule has 1 heterocycles. The minimum absolute atomic E-state index is 0.696. The van der Waals surface area contributed by atoms with E-state index in [1.165, 1.54) is 6.42 Å². The number of rotatable bonds is 6. The summed E-state index contributed by atoms with van der Waals surface area (Å²) in [5, 5.41) is 3.21. The van der Waals surface area contributed by atoms with Gasteiger partial charge in [-0.05, 0) is 25.2 Å². The Labute approximate surface area is 97.8 Å². The zero-order valence-corrected chi connectivity index (χ0v) is 10.2. The van der Waals surface area contributed by atoms with Gasteiger partial charge in [-0.2, -0.15) is 0 Å². The molecule has 0 aliphatic carbocycles. The topological polar surface area (TPSA) is 71.7 Å². The molecule has 0 aromatic carbocycles. The Balaban J connectivity index is 2.09. The van der Waals surface area contributed by atoms with E-state index in [4.69, 9.17) is 10.6 Å². The Bertz CT molecular complexity index is 202. The number of aliphatic imine (C=N–C) groups is 1. The van der Waals surface area contributed by atoms with Crippen molar-refractivity contribution in [1.82, 2.24) is 10.7 Å². The molecule has 1 fully saturated rings. The number of nitrogens with zero attached hydrogens (tertiary/aromatic N) is 1. The minimum atomic E-state index is 0.696. The average Bonchev–Trinajstić information content (AvgIpc) is 2.80. The van der Waals surface area contributed by atoms with Crippen LogP contribution in [-0.2, 0) is 4.74 Å². The van der Waals surface area contributed by atoms with Gasteiger partial charge in [-0.25, -0.2) is 5.84 Å². The Kier molecular flexibility index (Phi) is 6.92. The fourth-order valence-corrected chi connectivity index (χ4v) is 1.71. The number of ether oxygens (including phenoxy) is 1. The molecule has 1 rings (SSSR count). The maximum Gasteiger partial charge on any atom is 0.205 e. The van der Waals surface area contributed by atoms with E-state index >= 15 is 0 Å². The quantitative estimate of drug-likeness (QED) is 0.205. The molecule has 5 nitrogen and oxygen atoms in total. The van der Waals surface area contributed by atoms with Crippen LogP contribution in [0.5, 0.6) is 0 Å². The van der Waals surface area contributed by atoms with E-state index in [2.05, 4.69) is 22.7 Å². The first-order valence-corrected chi connectivity index (χ1v) is 6.19. The normalized spacial score (nSPS) is 21.1. The van der Waals surface area contributed by atoms with Crippen LogP contribution in [0.2, 0.25) is 0 Å². The van der Waals surface area contributed by atoms with E-state index in [1.807, 2.05) is 0 Å². The van der Waals surface area contributed by atoms with Crippen LogP contribution in [0.4, 0.5) is 0 Å². The van der Waals surface area contributed by atoms with Gasteiger partial charge < -0.3 is 10.1 Å². The molecule has 0 bridgehead atoms. The summed E-state index contributed by atoms with van der Waals surface area (Å²) in [5.41, 5.74) is 2.59. The highest BCUT2D eigenvalue weighted by atomic mass is 16.5. The lowest BCUT2D eigenvalue weighted by Gasteiger charge is -2.11. The van der Waals surface area contributed by atoms with Gasteiger partial charge in [0.2, 0.25) is 5.96 Å². The highest BCUT2D eigenvalue weighted by Crippen LogP contribution is 2.14. The van der Waals surface area contributed by atoms with Gasteiger partial charge in [0, 0.05) is 26.3 Å². The summed E-state index contributed by atoms with van der Waals surface area (Å²) < 4.78 is 5.32. The average molecular weight is 228 g/mol. The second-order valence-corrected chi connectivity index (χ2v) is 4.17. The van der Waals surface area contributed by atoms with Crippen molar-refractivity contribution < 1.29 is 4.74 Å². The summed E-state index contributed by atoms with van der Waals surface area (Å²) in [4.78, 5) is 4.33. The molecular formula is C11H24N4O. The Hall–Kier alpha value is -0.810. The third-order valence-electron chi connectivity index (χ3n) is 2.79. The Morgan fingerprint density at radius 3 is 3.06 bits per heavy atom. The Morgan fingerprint density at radius 2 is 2.44 bits per heavy atom. The molecule has 94 valence electrons. The van der Waals surface area contributed by atoms with Crippen LogP contribution in [0.25, 0.3) is 0 Å². The maximum atomic E-state index is 5.38. The number of hydrazine groups is 1. The minimum Gasteiger partial charge on any atom is -0.381 e. The third kappa shape index (κ3) is 5.32.